The predicted octanol–water partition coefficient (Wildman–Crippen LogP) is 4.07. The summed E-state index contributed by atoms with van der Waals surface area (Å²) in [5.74, 6) is -0.109. The van der Waals surface area contributed by atoms with Crippen molar-refractivity contribution in [2.75, 3.05) is 11.1 Å². The number of carbonyl (C=O) groups excluding carboxylic acids is 2. The monoisotopic (exact) mass is 439 g/mol. The van der Waals surface area contributed by atoms with Gasteiger partial charge in [0.05, 0.1) is 11.1 Å². The molecule has 6 nitrogen and oxygen atoms in total. The summed E-state index contributed by atoms with van der Waals surface area (Å²) in [6.07, 6.45) is 4.69. The van der Waals surface area contributed by atoms with Crippen LogP contribution < -0.4 is 10.9 Å². The third-order valence-corrected chi connectivity index (χ3v) is 7.17. The molecule has 2 aromatic heterocycles. The number of hydrogen-bond acceptors (Lipinski definition) is 6. The molecule has 3 aromatic rings. The van der Waals surface area contributed by atoms with E-state index < -0.39 is 0 Å². The fraction of sp³-hybridized carbons (Fsp3) is 0.273. The highest BCUT2D eigenvalue weighted by atomic mass is 32.2. The van der Waals surface area contributed by atoms with Gasteiger partial charge >= 0.3 is 0 Å². The Hall–Kier alpha value is -2.71. The number of nitrogens with zero attached hydrogens (tertiary/aromatic N) is 2. The molecule has 0 saturated heterocycles. The van der Waals surface area contributed by atoms with Crippen molar-refractivity contribution in [2.45, 2.75) is 37.9 Å². The fourth-order valence-electron chi connectivity index (χ4n) is 3.57. The van der Waals surface area contributed by atoms with Gasteiger partial charge in [-0.3, -0.25) is 19.0 Å². The molecule has 0 spiro atoms. The van der Waals surface area contributed by atoms with Crippen molar-refractivity contribution < 1.29 is 9.59 Å². The Morgan fingerprint density at radius 2 is 2.07 bits per heavy atom. The van der Waals surface area contributed by atoms with E-state index in [9.17, 15) is 14.4 Å². The molecule has 0 atom stereocenters. The fourth-order valence-corrected chi connectivity index (χ4v) is 5.69. The molecular formula is C22H21N3O3S2. The highest BCUT2D eigenvalue weighted by Gasteiger charge is 2.23. The number of amides is 1. The van der Waals surface area contributed by atoms with Crippen LogP contribution in [0.25, 0.3) is 10.2 Å². The normalized spacial score (nSPS) is 12.7. The minimum atomic E-state index is -0.205. The molecule has 30 heavy (non-hydrogen) atoms. The quantitative estimate of drug-likeness (QED) is 0.260. The van der Waals surface area contributed by atoms with Crippen LogP contribution in [0.5, 0.6) is 0 Å². The number of Topliss-reactive ketones (excluding diaryl/α,β-unsaturated/α-hetero) is 1. The molecule has 4 rings (SSSR count). The molecule has 2 heterocycles. The van der Waals surface area contributed by atoms with Crippen LogP contribution in [0.15, 0.2) is 46.9 Å². The zero-order valence-corrected chi connectivity index (χ0v) is 18.2. The Bertz CT molecular complexity index is 1210. The van der Waals surface area contributed by atoms with Crippen LogP contribution in [0.2, 0.25) is 0 Å². The van der Waals surface area contributed by atoms with E-state index in [4.69, 9.17) is 4.98 Å². The van der Waals surface area contributed by atoms with Crippen molar-refractivity contribution in [1.82, 2.24) is 9.55 Å². The number of hydrogen-bond donors (Lipinski definition) is 1. The standard InChI is InChI=1S/C22H21N3O3S2/c1-3-11-25-21(28)19-16-5-4-6-17(16)30-20(19)24-22(25)29-12-18(27)23-15-9-7-14(8-10-15)13(2)26/h3,7-10H,1,4-6,11-12H2,2H3,(H,23,27). The average Bonchev–Trinajstić information content (AvgIpc) is 3.30. The zero-order chi connectivity index (χ0) is 21.3. The lowest BCUT2D eigenvalue weighted by Crippen LogP contribution is -2.24. The van der Waals surface area contributed by atoms with Crippen LogP contribution >= 0.6 is 23.1 Å². The Kier molecular flexibility index (Phi) is 5.87. The second-order valence-electron chi connectivity index (χ2n) is 7.11. The minimum Gasteiger partial charge on any atom is -0.325 e. The number of aryl methyl sites for hydroxylation is 2. The van der Waals surface area contributed by atoms with Gasteiger partial charge in [0.25, 0.3) is 5.56 Å². The van der Waals surface area contributed by atoms with Gasteiger partial charge in [0.2, 0.25) is 5.91 Å². The molecule has 1 aliphatic rings. The number of allylic oxidation sites excluding steroid dienone is 1. The minimum absolute atomic E-state index is 0.0235. The summed E-state index contributed by atoms with van der Waals surface area (Å²) in [7, 11) is 0. The number of nitrogens with one attached hydrogen (secondary N) is 1. The summed E-state index contributed by atoms with van der Waals surface area (Å²) >= 11 is 2.83. The zero-order valence-electron chi connectivity index (χ0n) is 16.6. The molecular weight excluding hydrogens is 418 g/mol. The first-order valence-electron chi connectivity index (χ1n) is 9.67. The molecule has 0 unspecified atom stereocenters. The number of carbonyl (C=O) groups is 2. The molecule has 0 fully saturated rings. The Morgan fingerprint density at radius 3 is 2.77 bits per heavy atom. The van der Waals surface area contributed by atoms with Gasteiger partial charge in [-0.1, -0.05) is 17.8 Å². The molecule has 154 valence electrons. The molecule has 1 aromatic carbocycles. The number of anilines is 1. The average molecular weight is 440 g/mol. The van der Waals surface area contributed by atoms with Crippen LogP contribution in [0.1, 0.15) is 34.1 Å². The van der Waals surface area contributed by atoms with Gasteiger partial charge in [0.15, 0.2) is 10.9 Å². The van der Waals surface area contributed by atoms with Crippen molar-refractivity contribution in [3.05, 3.63) is 63.3 Å². The van der Waals surface area contributed by atoms with E-state index in [2.05, 4.69) is 11.9 Å². The summed E-state index contributed by atoms with van der Waals surface area (Å²) in [5.41, 5.74) is 2.30. The number of rotatable bonds is 7. The summed E-state index contributed by atoms with van der Waals surface area (Å²) in [6, 6.07) is 6.76. The van der Waals surface area contributed by atoms with Gasteiger partial charge in [-0.05, 0) is 56.0 Å². The van der Waals surface area contributed by atoms with Gasteiger partial charge in [-0.15, -0.1) is 17.9 Å². The van der Waals surface area contributed by atoms with E-state index in [1.54, 1.807) is 46.2 Å². The number of thiophene rings is 1. The summed E-state index contributed by atoms with van der Waals surface area (Å²) in [5, 5.41) is 4.06. The van der Waals surface area contributed by atoms with Crippen LogP contribution in [-0.4, -0.2) is 27.0 Å². The first-order valence-corrected chi connectivity index (χ1v) is 11.5. The van der Waals surface area contributed by atoms with Crippen molar-refractivity contribution in [1.29, 1.82) is 0 Å². The molecule has 0 saturated carbocycles. The van der Waals surface area contributed by atoms with Crippen LogP contribution in [0, 0.1) is 0 Å². The maximum Gasteiger partial charge on any atom is 0.263 e. The van der Waals surface area contributed by atoms with E-state index in [0.717, 1.165) is 35.0 Å². The predicted molar refractivity (Wildman–Crippen MR) is 122 cm³/mol. The van der Waals surface area contributed by atoms with E-state index >= 15 is 0 Å². The second-order valence-corrected chi connectivity index (χ2v) is 9.13. The molecule has 0 bridgehead atoms. The molecule has 0 aliphatic heterocycles. The van der Waals surface area contributed by atoms with E-state index in [1.165, 1.54) is 23.6 Å². The molecule has 1 amide bonds. The highest BCUT2D eigenvalue weighted by molar-refractivity contribution is 7.99. The SMILES string of the molecule is C=CCn1c(SCC(=O)Nc2ccc(C(C)=O)cc2)nc2sc3c(c2c1=O)CCC3. The Balaban J connectivity index is 1.53. The van der Waals surface area contributed by atoms with Crippen molar-refractivity contribution >= 4 is 50.7 Å². The lowest BCUT2D eigenvalue weighted by molar-refractivity contribution is -0.113. The molecule has 8 heteroatoms. The van der Waals surface area contributed by atoms with Gasteiger partial charge < -0.3 is 5.32 Å². The summed E-state index contributed by atoms with van der Waals surface area (Å²) in [6.45, 7) is 5.60. The maximum absolute atomic E-state index is 13.1. The van der Waals surface area contributed by atoms with Crippen LogP contribution in [0.4, 0.5) is 5.69 Å². The number of thioether (sulfide) groups is 1. The van der Waals surface area contributed by atoms with Gasteiger partial charge in [-0.25, -0.2) is 4.98 Å². The number of aromatic nitrogens is 2. The highest BCUT2D eigenvalue weighted by Crippen LogP contribution is 2.35. The third-order valence-electron chi connectivity index (χ3n) is 5.01. The number of fused-ring (bicyclic) bond motifs is 3. The molecule has 0 radical (unpaired) electrons. The first-order chi connectivity index (χ1) is 14.5. The number of ketones is 1. The molecule has 1 aliphatic carbocycles. The van der Waals surface area contributed by atoms with Gasteiger partial charge in [0, 0.05) is 22.7 Å². The second kappa shape index (κ2) is 8.57. The van der Waals surface area contributed by atoms with Crippen LogP contribution in [-0.2, 0) is 24.2 Å². The van der Waals surface area contributed by atoms with E-state index in [1.807, 2.05) is 0 Å². The Morgan fingerprint density at radius 1 is 1.30 bits per heavy atom. The largest absolute Gasteiger partial charge is 0.325 e. The first kappa shape index (κ1) is 20.6. The van der Waals surface area contributed by atoms with Crippen molar-refractivity contribution in [3.63, 3.8) is 0 Å². The van der Waals surface area contributed by atoms with Crippen LogP contribution in [0.3, 0.4) is 0 Å². The van der Waals surface area contributed by atoms with Gasteiger partial charge in [-0.2, -0.15) is 0 Å². The summed E-state index contributed by atoms with van der Waals surface area (Å²) < 4.78 is 1.60. The smallest absolute Gasteiger partial charge is 0.263 e. The molecule has 1 N–H and O–H groups in total. The third kappa shape index (κ3) is 3.97. The van der Waals surface area contributed by atoms with Gasteiger partial charge in [0.1, 0.15) is 4.83 Å². The lowest BCUT2D eigenvalue weighted by Gasteiger charge is -2.11. The van der Waals surface area contributed by atoms with Crippen molar-refractivity contribution in [2.24, 2.45) is 0 Å². The van der Waals surface area contributed by atoms with E-state index in [0.29, 0.717) is 23.0 Å². The Labute approximate surface area is 182 Å². The topological polar surface area (TPSA) is 81.1 Å². The lowest BCUT2D eigenvalue weighted by atomic mass is 10.1. The van der Waals surface area contributed by atoms with E-state index in [-0.39, 0.29) is 23.0 Å². The summed E-state index contributed by atoms with van der Waals surface area (Å²) in [4.78, 5) is 43.6. The number of benzene rings is 1. The maximum atomic E-state index is 13.1. The van der Waals surface area contributed by atoms with Crippen molar-refractivity contribution in [3.8, 4) is 0 Å².